The van der Waals surface area contributed by atoms with Crippen molar-refractivity contribution in [3.8, 4) is 0 Å². The molecule has 0 aromatic rings. The fourth-order valence-electron chi connectivity index (χ4n) is 0.163. The molecule has 0 atom stereocenters. The Labute approximate surface area is 49.5 Å². The van der Waals surface area contributed by atoms with Crippen LogP contribution in [0.3, 0.4) is 0 Å². The van der Waals surface area contributed by atoms with Gasteiger partial charge in [-0.2, -0.15) is 8.42 Å². The molecule has 0 heterocycles. The van der Waals surface area contributed by atoms with Gasteiger partial charge in [0, 0.05) is 4.53 Å². The summed E-state index contributed by atoms with van der Waals surface area (Å²) in [5, 5.41) is 0. The van der Waals surface area contributed by atoms with Gasteiger partial charge in [-0.3, -0.25) is 4.94 Å². The molecule has 0 spiro atoms. The molecule has 0 bridgehead atoms. The first-order valence-corrected chi connectivity index (χ1v) is 3.25. The number of hydrogen-bond acceptors (Lipinski definition) is 4. The molecular weight excluding hydrogens is 158 g/mol. The van der Waals surface area contributed by atoms with E-state index in [1.54, 1.807) is 0 Å². The number of hydrogen-bond donors (Lipinski definition) is 0. The second-order valence-corrected chi connectivity index (χ2v) is 2.50. The van der Waals surface area contributed by atoms with Crippen molar-refractivity contribution in [2.45, 2.75) is 0 Å². The van der Waals surface area contributed by atoms with Gasteiger partial charge in [-0.25, -0.2) is 4.79 Å². The summed E-state index contributed by atoms with van der Waals surface area (Å²) in [6.07, 6.45) is 0. The van der Waals surface area contributed by atoms with Gasteiger partial charge < -0.3 is 0 Å². The van der Waals surface area contributed by atoms with Gasteiger partial charge in [0.05, 0.1) is 0 Å². The summed E-state index contributed by atoms with van der Waals surface area (Å²) in [6.45, 7) is 0. The summed E-state index contributed by atoms with van der Waals surface area (Å²) < 4.78 is 40.9. The van der Waals surface area contributed by atoms with Gasteiger partial charge in [0.15, 0.2) is 5.75 Å². The van der Waals surface area contributed by atoms with Gasteiger partial charge in [0.2, 0.25) is 0 Å². The Morgan fingerprint density at radius 3 is 2.11 bits per heavy atom. The minimum Gasteiger partial charge on any atom is -0.254 e. The number of halogens is 2. The SMILES string of the molecule is O=C(CS(=O)(=O)F)OF. The van der Waals surface area contributed by atoms with Crippen LogP contribution in [-0.4, -0.2) is 20.1 Å². The molecule has 0 fully saturated rings. The molecule has 0 aliphatic heterocycles. The van der Waals surface area contributed by atoms with Crippen molar-refractivity contribution in [1.29, 1.82) is 0 Å². The summed E-state index contributed by atoms with van der Waals surface area (Å²) in [5.41, 5.74) is 0. The summed E-state index contributed by atoms with van der Waals surface area (Å²) in [4.78, 5) is 12.0. The van der Waals surface area contributed by atoms with Gasteiger partial charge in [-0.05, 0) is 0 Å². The van der Waals surface area contributed by atoms with E-state index in [0.717, 1.165) is 0 Å². The van der Waals surface area contributed by atoms with Gasteiger partial charge >= 0.3 is 16.2 Å². The van der Waals surface area contributed by atoms with Crippen molar-refractivity contribution in [2.75, 3.05) is 5.75 Å². The maximum atomic E-state index is 11.3. The average Bonchev–Trinajstić information content (AvgIpc) is 1.62. The lowest BCUT2D eigenvalue weighted by atomic mass is 10.8. The van der Waals surface area contributed by atoms with Gasteiger partial charge in [-0.15, -0.1) is 3.89 Å². The zero-order valence-corrected chi connectivity index (χ0v) is 4.82. The van der Waals surface area contributed by atoms with Crippen molar-refractivity contribution in [2.24, 2.45) is 0 Å². The lowest BCUT2D eigenvalue weighted by molar-refractivity contribution is -0.180. The molecule has 0 rings (SSSR count). The quantitative estimate of drug-likeness (QED) is 0.521. The van der Waals surface area contributed by atoms with Crippen LogP contribution >= 0.6 is 0 Å². The van der Waals surface area contributed by atoms with E-state index in [0.29, 0.717) is 0 Å². The highest BCUT2D eigenvalue weighted by molar-refractivity contribution is 7.87. The van der Waals surface area contributed by atoms with Crippen molar-refractivity contribution in [1.82, 2.24) is 0 Å². The lowest BCUT2D eigenvalue weighted by Crippen LogP contribution is -2.11. The van der Waals surface area contributed by atoms with Crippen LogP contribution in [-0.2, 0) is 20.0 Å². The molecule has 0 saturated carbocycles. The molecular formula is C2H2F2O4S. The Balaban J connectivity index is 3.91. The number of rotatable bonds is 2. The molecule has 0 N–H and O–H groups in total. The minimum absolute atomic E-state index is 1.58. The zero-order chi connectivity index (χ0) is 7.49. The summed E-state index contributed by atoms with van der Waals surface area (Å²) in [5.74, 6) is -3.35. The van der Waals surface area contributed by atoms with Crippen LogP contribution in [0.5, 0.6) is 0 Å². The van der Waals surface area contributed by atoms with Gasteiger partial charge in [-0.1, -0.05) is 0 Å². The molecule has 54 valence electrons. The van der Waals surface area contributed by atoms with Crippen molar-refractivity contribution < 1.29 is 26.6 Å². The van der Waals surface area contributed by atoms with E-state index in [9.17, 15) is 21.6 Å². The van der Waals surface area contributed by atoms with Crippen molar-refractivity contribution in [3.63, 3.8) is 0 Å². The van der Waals surface area contributed by atoms with Gasteiger partial charge in [0.25, 0.3) is 0 Å². The number of carbonyl (C=O) groups is 1. The standard InChI is InChI=1S/C2H2F2O4S/c3-8-2(5)1-9(4,6)7/h1H2. The van der Waals surface area contributed by atoms with E-state index < -0.39 is 21.9 Å². The molecule has 0 radical (unpaired) electrons. The van der Waals surface area contributed by atoms with E-state index in [1.807, 2.05) is 0 Å². The Bertz CT molecular complexity index is 195. The summed E-state index contributed by atoms with van der Waals surface area (Å²) >= 11 is 0. The third kappa shape index (κ3) is 5.15. The van der Waals surface area contributed by atoms with Crippen LogP contribution in [0.15, 0.2) is 0 Å². The maximum Gasteiger partial charge on any atom is 0.366 e. The molecule has 0 unspecified atom stereocenters. The van der Waals surface area contributed by atoms with Crippen LogP contribution in [0.2, 0.25) is 0 Å². The smallest absolute Gasteiger partial charge is 0.254 e. The molecule has 0 aliphatic rings. The van der Waals surface area contributed by atoms with E-state index in [-0.39, 0.29) is 0 Å². The van der Waals surface area contributed by atoms with Crippen LogP contribution in [0.25, 0.3) is 0 Å². The first-order valence-electron chi connectivity index (χ1n) is 1.69. The fraction of sp³-hybridized carbons (Fsp3) is 0.500. The average molecular weight is 160 g/mol. The van der Waals surface area contributed by atoms with Crippen LogP contribution in [0.1, 0.15) is 0 Å². The van der Waals surface area contributed by atoms with Crippen LogP contribution < -0.4 is 0 Å². The third-order valence-electron chi connectivity index (χ3n) is 0.376. The third-order valence-corrected chi connectivity index (χ3v) is 0.957. The second-order valence-electron chi connectivity index (χ2n) is 1.13. The molecule has 0 amide bonds. The molecule has 4 nitrogen and oxygen atoms in total. The Hall–Kier alpha value is -0.720. The monoisotopic (exact) mass is 160 g/mol. The van der Waals surface area contributed by atoms with Gasteiger partial charge in [0.1, 0.15) is 0 Å². The predicted molar refractivity (Wildman–Crippen MR) is 22.1 cm³/mol. The predicted octanol–water partition coefficient (Wildman–Crippen LogP) is -0.287. The highest BCUT2D eigenvalue weighted by Gasteiger charge is 2.16. The fourth-order valence-corrected chi connectivity index (χ4v) is 0.489. The van der Waals surface area contributed by atoms with E-state index in [4.69, 9.17) is 0 Å². The largest absolute Gasteiger partial charge is 0.366 e. The van der Waals surface area contributed by atoms with Crippen molar-refractivity contribution in [3.05, 3.63) is 0 Å². The highest BCUT2D eigenvalue weighted by atomic mass is 32.3. The summed E-state index contributed by atoms with van der Waals surface area (Å²) in [7, 11) is -4.95. The Kier molecular flexibility index (Phi) is 2.50. The Morgan fingerprint density at radius 2 is 2.00 bits per heavy atom. The minimum atomic E-state index is -4.95. The Morgan fingerprint density at radius 1 is 1.56 bits per heavy atom. The molecule has 0 aromatic carbocycles. The molecule has 0 saturated heterocycles. The highest BCUT2D eigenvalue weighted by Crippen LogP contribution is 1.91. The maximum absolute atomic E-state index is 11.3. The van der Waals surface area contributed by atoms with Crippen LogP contribution in [0.4, 0.5) is 8.41 Å². The lowest BCUT2D eigenvalue weighted by Gasteiger charge is -1.85. The van der Waals surface area contributed by atoms with E-state index in [2.05, 4.69) is 4.94 Å². The van der Waals surface area contributed by atoms with Crippen molar-refractivity contribution >= 4 is 16.2 Å². The van der Waals surface area contributed by atoms with E-state index in [1.165, 1.54) is 0 Å². The zero-order valence-electron chi connectivity index (χ0n) is 4.00. The topological polar surface area (TPSA) is 60.4 Å². The molecule has 7 heteroatoms. The second kappa shape index (κ2) is 2.72. The molecule has 0 aromatic heterocycles. The normalized spacial score (nSPS) is 10.9. The molecule has 9 heavy (non-hydrogen) atoms. The first kappa shape index (κ1) is 8.28. The molecule has 0 aliphatic carbocycles. The van der Waals surface area contributed by atoms with Crippen LogP contribution in [0, 0.1) is 0 Å². The number of carbonyl (C=O) groups excluding carboxylic acids is 1. The van der Waals surface area contributed by atoms with E-state index >= 15 is 0 Å². The first-order chi connectivity index (χ1) is 3.95. The summed E-state index contributed by atoms with van der Waals surface area (Å²) in [6, 6.07) is 0.